The summed E-state index contributed by atoms with van der Waals surface area (Å²) in [5.74, 6) is 1.23. The summed E-state index contributed by atoms with van der Waals surface area (Å²) in [5.41, 5.74) is 6.70. The third kappa shape index (κ3) is 3.51. The van der Waals surface area contributed by atoms with E-state index in [1.165, 1.54) is 12.1 Å². The van der Waals surface area contributed by atoms with Gasteiger partial charge in [0.25, 0.3) is 0 Å². The topological polar surface area (TPSA) is 55.0 Å². The number of nitrogens with zero attached hydrogens (tertiary/aromatic N) is 3. The number of rotatable bonds is 3. The molecule has 3 rings (SSSR count). The molecule has 0 bridgehead atoms. The summed E-state index contributed by atoms with van der Waals surface area (Å²) in [5, 5.41) is 0. The van der Waals surface area contributed by atoms with Gasteiger partial charge in [-0.05, 0) is 25.0 Å². The smallest absolute Gasteiger partial charge is 0.355 e. The summed E-state index contributed by atoms with van der Waals surface area (Å²) in [6, 6.07) is 6.99. The quantitative estimate of drug-likeness (QED) is 0.935. The van der Waals surface area contributed by atoms with E-state index in [2.05, 4.69) is 14.9 Å². The second-order valence-corrected chi connectivity index (χ2v) is 5.96. The number of hydrogen-bond donors (Lipinski definition) is 1. The average molecular weight is 336 g/mol. The van der Waals surface area contributed by atoms with Gasteiger partial charge in [0.15, 0.2) is 5.82 Å². The summed E-state index contributed by atoms with van der Waals surface area (Å²) in [7, 11) is 0. The molecule has 1 saturated heterocycles. The average Bonchev–Trinajstić information content (AvgIpc) is 3.00. The summed E-state index contributed by atoms with van der Waals surface area (Å²) in [6.07, 6.45) is -2.72. The van der Waals surface area contributed by atoms with Crippen molar-refractivity contribution in [3.63, 3.8) is 0 Å². The zero-order chi connectivity index (χ0) is 17.3. The highest BCUT2D eigenvalue weighted by Crippen LogP contribution is 2.31. The van der Waals surface area contributed by atoms with Crippen molar-refractivity contribution in [2.45, 2.75) is 32.0 Å². The normalized spacial score (nSPS) is 18.2. The lowest BCUT2D eigenvalue weighted by molar-refractivity contribution is -0.137. The first-order valence-corrected chi connectivity index (χ1v) is 7.93. The van der Waals surface area contributed by atoms with Gasteiger partial charge in [-0.1, -0.05) is 19.1 Å². The van der Waals surface area contributed by atoms with Crippen LogP contribution < -0.4 is 10.6 Å². The molecule has 0 amide bonds. The zero-order valence-corrected chi connectivity index (χ0v) is 13.3. The highest BCUT2D eigenvalue weighted by atomic mass is 19.4. The molecule has 24 heavy (non-hydrogen) atoms. The van der Waals surface area contributed by atoms with Gasteiger partial charge in [0, 0.05) is 36.5 Å². The van der Waals surface area contributed by atoms with E-state index in [-0.39, 0.29) is 6.04 Å². The van der Waals surface area contributed by atoms with E-state index >= 15 is 0 Å². The van der Waals surface area contributed by atoms with Gasteiger partial charge in [-0.25, -0.2) is 9.97 Å². The fourth-order valence-corrected chi connectivity index (χ4v) is 2.76. The summed E-state index contributed by atoms with van der Waals surface area (Å²) < 4.78 is 38.1. The minimum atomic E-state index is -4.35. The summed E-state index contributed by atoms with van der Waals surface area (Å²) in [4.78, 5) is 11.1. The van der Waals surface area contributed by atoms with Crippen molar-refractivity contribution < 1.29 is 13.2 Å². The monoisotopic (exact) mass is 336 g/mol. The highest BCUT2D eigenvalue weighted by molar-refractivity contribution is 5.59. The number of anilines is 1. The molecule has 1 unspecified atom stereocenters. The molecule has 0 radical (unpaired) electrons. The number of aryl methyl sites for hydroxylation is 1. The molecule has 1 aromatic carbocycles. The van der Waals surface area contributed by atoms with Crippen LogP contribution in [0.15, 0.2) is 30.3 Å². The van der Waals surface area contributed by atoms with Gasteiger partial charge in [0.1, 0.15) is 5.82 Å². The van der Waals surface area contributed by atoms with E-state index < -0.39 is 11.7 Å². The van der Waals surface area contributed by atoms with E-state index in [0.29, 0.717) is 11.4 Å². The molecule has 2 aromatic rings. The van der Waals surface area contributed by atoms with Crippen LogP contribution in [0.25, 0.3) is 11.4 Å². The molecule has 0 spiro atoms. The van der Waals surface area contributed by atoms with Gasteiger partial charge in [0.05, 0.1) is 5.56 Å². The third-order valence-corrected chi connectivity index (χ3v) is 4.15. The molecular formula is C17H19F3N4. The lowest BCUT2D eigenvalue weighted by Crippen LogP contribution is -2.27. The van der Waals surface area contributed by atoms with Crippen molar-refractivity contribution in [1.29, 1.82) is 0 Å². The molecule has 0 saturated carbocycles. The Bertz CT molecular complexity index is 713. The number of halogens is 3. The van der Waals surface area contributed by atoms with Crippen LogP contribution in [-0.4, -0.2) is 29.1 Å². The van der Waals surface area contributed by atoms with Gasteiger partial charge < -0.3 is 10.6 Å². The first-order chi connectivity index (χ1) is 11.4. The van der Waals surface area contributed by atoms with Crippen LogP contribution in [-0.2, 0) is 12.6 Å². The van der Waals surface area contributed by atoms with Crippen LogP contribution in [0.5, 0.6) is 0 Å². The zero-order valence-electron chi connectivity index (χ0n) is 13.3. The maximum Gasteiger partial charge on any atom is 0.416 e. The fourth-order valence-electron chi connectivity index (χ4n) is 2.76. The van der Waals surface area contributed by atoms with Gasteiger partial charge in [0.2, 0.25) is 0 Å². The van der Waals surface area contributed by atoms with Crippen molar-refractivity contribution in [2.24, 2.45) is 5.73 Å². The Morgan fingerprint density at radius 1 is 1.21 bits per heavy atom. The molecular weight excluding hydrogens is 317 g/mol. The number of hydrogen-bond acceptors (Lipinski definition) is 4. The van der Waals surface area contributed by atoms with Crippen molar-refractivity contribution in [3.05, 3.63) is 41.6 Å². The van der Waals surface area contributed by atoms with Crippen molar-refractivity contribution >= 4 is 5.82 Å². The summed E-state index contributed by atoms with van der Waals surface area (Å²) in [6.45, 7) is 3.54. The van der Waals surface area contributed by atoms with Crippen LogP contribution in [0, 0.1) is 0 Å². The molecule has 1 aromatic heterocycles. The van der Waals surface area contributed by atoms with Crippen LogP contribution in [0.1, 0.15) is 24.6 Å². The SMILES string of the molecule is CCc1cc(N2CCC(N)C2)nc(-c2ccc(C(F)(F)F)cc2)n1. The molecule has 4 nitrogen and oxygen atoms in total. The largest absolute Gasteiger partial charge is 0.416 e. The van der Waals surface area contributed by atoms with E-state index in [1.807, 2.05) is 13.0 Å². The Balaban J connectivity index is 1.95. The van der Waals surface area contributed by atoms with Crippen LogP contribution in [0.2, 0.25) is 0 Å². The lowest BCUT2D eigenvalue weighted by atomic mass is 10.1. The number of benzene rings is 1. The van der Waals surface area contributed by atoms with Crippen LogP contribution in [0.4, 0.5) is 19.0 Å². The van der Waals surface area contributed by atoms with Crippen molar-refractivity contribution in [1.82, 2.24) is 9.97 Å². The Morgan fingerprint density at radius 3 is 2.46 bits per heavy atom. The molecule has 1 aliphatic heterocycles. The minimum absolute atomic E-state index is 0.125. The van der Waals surface area contributed by atoms with E-state index in [9.17, 15) is 13.2 Å². The Labute approximate surface area is 138 Å². The standard InChI is InChI=1S/C17H19F3N4/c1-2-14-9-15(24-8-7-13(21)10-24)23-16(22-14)11-3-5-12(6-4-11)17(18,19)20/h3-6,9,13H,2,7-8,10,21H2,1H3. The number of alkyl halides is 3. The fraction of sp³-hybridized carbons (Fsp3) is 0.412. The Hall–Kier alpha value is -2.15. The highest BCUT2D eigenvalue weighted by Gasteiger charge is 2.30. The van der Waals surface area contributed by atoms with Gasteiger partial charge in [-0.15, -0.1) is 0 Å². The van der Waals surface area contributed by atoms with Gasteiger partial charge in [-0.3, -0.25) is 0 Å². The molecule has 1 fully saturated rings. The predicted octanol–water partition coefficient (Wildman–Crippen LogP) is 3.26. The third-order valence-electron chi connectivity index (χ3n) is 4.15. The van der Waals surface area contributed by atoms with E-state index in [4.69, 9.17) is 5.73 Å². The van der Waals surface area contributed by atoms with Crippen LogP contribution in [0.3, 0.4) is 0 Å². The molecule has 1 atom stereocenters. The molecule has 0 aliphatic carbocycles. The molecule has 128 valence electrons. The van der Waals surface area contributed by atoms with E-state index in [1.54, 1.807) is 0 Å². The second kappa shape index (κ2) is 6.39. The maximum absolute atomic E-state index is 12.7. The molecule has 1 aliphatic rings. The molecule has 2 heterocycles. The Kier molecular flexibility index (Phi) is 4.45. The molecule has 7 heteroatoms. The maximum atomic E-state index is 12.7. The number of aromatic nitrogens is 2. The predicted molar refractivity (Wildman–Crippen MR) is 86.7 cm³/mol. The van der Waals surface area contributed by atoms with Crippen LogP contribution >= 0.6 is 0 Å². The van der Waals surface area contributed by atoms with Gasteiger partial charge in [-0.2, -0.15) is 13.2 Å². The first kappa shape index (κ1) is 16.7. The first-order valence-electron chi connectivity index (χ1n) is 7.93. The second-order valence-electron chi connectivity index (χ2n) is 5.96. The summed E-state index contributed by atoms with van der Waals surface area (Å²) >= 11 is 0. The molecule has 2 N–H and O–H groups in total. The van der Waals surface area contributed by atoms with Crippen molar-refractivity contribution in [3.8, 4) is 11.4 Å². The van der Waals surface area contributed by atoms with E-state index in [0.717, 1.165) is 49.6 Å². The minimum Gasteiger partial charge on any atom is -0.355 e. The van der Waals surface area contributed by atoms with Crippen molar-refractivity contribution in [2.75, 3.05) is 18.0 Å². The van der Waals surface area contributed by atoms with Gasteiger partial charge >= 0.3 is 6.18 Å². The Morgan fingerprint density at radius 2 is 1.92 bits per heavy atom. The number of nitrogens with two attached hydrogens (primary N) is 1. The lowest BCUT2D eigenvalue weighted by Gasteiger charge is -2.18.